The predicted octanol–water partition coefficient (Wildman–Crippen LogP) is 2.87. The van der Waals surface area contributed by atoms with Gasteiger partial charge < -0.3 is 4.90 Å². The summed E-state index contributed by atoms with van der Waals surface area (Å²) < 4.78 is 0. The molecule has 1 heterocycles. The number of benzene rings is 1. The highest BCUT2D eigenvalue weighted by Crippen LogP contribution is 2.41. The van der Waals surface area contributed by atoms with Crippen LogP contribution in [0.4, 0.5) is 0 Å². The highest BCUT2D eigenvalue weighted by atomic mass is 16.1. The first-order valence-corrected chi connectivity index (χ1v) is 7.03. The highest BCUT2D eigenvalue weighted by molar-refractivity contribution is 5.99. The third kappa shape index (κ3) is 1.89. The maximum absolute atomic E-state index is 12.3. The van der Waals surface area contributed by atoms with Crippen molar-refractivity contribution in [2.75, 3.05) is 20.1 Å². The fourth-order valence-corrected chi connectivity index (χ4v) is 3.50. The van der Waals surface area contributed by atoms with Crippen molar-refractivity contribution in [3.05, 3.63) is 34.9 Å². The molecule has 96 valence electrons. The van der Waals surface area contributed by atoms with E-state index in [-0.39, 0.29) is 0 Å². The van der Waals surface area contributed by atoms with Gasteiger partial charge in [-0.25, -0.2) is 0 Å². The van der Waals surface area contributed by atoms with Crippen LogP contribution < -0.4 is 0 Å². The zero-order valence-electron chi connectivity index (χ0n) is 11.3. The maximum Gasteiger partial charge on any atom is 0.163 e. The Bertz CT molecular complexity index is 480. The highest BCUT2D eigenvalue weighted by Gasteiger charge is 2.36. The van der Waals surface area contributed by atoms with Gasteiger partial charge in [0, 0.05) is 24.4 Å². The lowest BCUT2D eigenvalue weighted by atomic mass is 9.71. The molecule has 0 spiro atoms. The van der Waals surface area contributed by atoms with Crippen molar-refractivity contribution >= 4 is 5.78 Å². The predicted molar refractivity (Wildman–Crippen MR) is 73.1 cm³/mol. The fourth-order valence-electron chi connectivity index (χ4n) is 3.50. The molecule has 1 aliphatic heterocycles. The first-order chi connectivity index (χ1) is 8.69. The summed E-state index contributed by atoms with van der Waals surface area (Å²) in [6.45, 7) is 4.39. The molecule has 2 atom stereocenters. The monoisotopic (exact) mass is 243 g/mol. The number of piperidine rings is 1. The van der Waals surface area contributed by atoms with E-state index >= 15 is 0 Å². The molecule has 0 radical (unpaired) electrons. The van der Waals surface area contributed by atoms with E-state index < -0.39 is 0 Å². The largest absolute Gasteiger partial charge is 0.306 e. The molecule has 1 aromatic rings. The van der Waals surface area contributed by atoms with Crippen LogP contribution in [-0.4, -0.2) is 30.8 Å². The molecule has 0 N–H and O–H groups in total. The molecule has 2 nitrogen and oxygen atoms in total. The van der Waals surface area contributed by atoms with Gasteiger partial charge in [0.05, 0.1) is 0 Å². The standard InChI is InChI=1S/C16H21NO/c1-3-11-4-5-13-14(8-11)16(18)9-12-6-7-17(2)10-15(12)13/h4-5,8,12,15H,3,6-7,9-10H2,1-2H3/t12-,15+/m1/s1. The Morgan fingerprint density at radius 3 is 3.00 bits per heavy atom. The summed E-state index contributed by atoms with van der Waals surface area (Å²) in [6.07, 6.45) is 2.94. The van der Waals surface area contributed by atoms with Crippen molar-refractivity contribution in [3.63, 3.8) is 0 Å². The van der Waals surface area contributed by atoms with E-state index in [4.69, 9.17) is 0 Å². The van der Waals surface area contributed by atoms with Crippen LogP contribution in [0.1, 0.15) is 47.2 Å². The van der Waals surface area contributed by atoms with E-state index in [9.17, 15) is 4.79 Å². The Labute approximate surface area is 109 Å². The van der Waals surface area contributed by atoms with Crippen molar-refractivity contribution in [2.24, 2.45) is 5.92 Å². The Hall–Kier alpha value is -1.15. The molecule has 2 heteroatoms. The molecule has 1 fully saturated rings. The number of likely N-dealkylation sites (tertiary alicyclic amines) is 1. The average molecular weight is 243 g/mol. The summed E-state index contributed by atoms with van der Waals surface area (Å²) in [5.41, 5.74) is 3.59. The van der Waals surface area contributed by atoms with Crippen LogP contribution in [0.25, 0.3) is 0 Å². The smallest absolute Gasteiger partial charge is 0.163 e. The Kier molecular flexibility index (Phi) is 2.98. The molecule has 18 heavy (non-hydrogen) atoms. The number of carbonyl (C=O) groups excluding carboxylic acids is 1. The number of fused-ring (bicyclic) bond motifs is 3. The van der Waals surface area contributed by atoms with E-state index in [0.717, 1.165) is 31.5 Å². The van der Waals surface area contributed by atoms with E-state index in [2.05, 4.69) is 37.1 Å². The lowest BCUT2D eigenvalue weighted by Crippen LogP contribution is -2.40. The molecule has 1 aromatic carbocycles. The Morgan fingerprint density at radius 2 is 2.22 bits per heavy atom. The van der Waals surface area contributed by atoms with Crippen molar-refractivity contribution in [2.45, 2.75) is 32.1 Å². The average Bonchev–Trinajstić information content (AvgIpc) is 2.39. The topological polar surface area (TPSA) is 20.3 Å². The summed E-state index contributed by atoms with van der Waals surface area (Å²) in [6, 6.07) is 6.54. The zero-order valence-corrected chi connectivity index (χ0v) is 11.3. The molecular weight excluding hydrogens is 222 g/mol. The van der Waals surface area contributed by atoms with Crippen LogP contribution in [0.15, 0.2) is 18.2 Å². The van der Waals surface area contributed by atoms with Gasteiger partial charge in [-0.15, -0.1) is 0 Å². The van der Waals surface area contributed by atoms with Crippen LogP contribution in [0.2, 0.25) is 0 Å². The second-order valence-corrected chi connectivity index (χ2v) is 5.82. The Morgan fingerprint density at radius 1 is 1.39 bits per heavy atom. The number of likely N-dealkylation sites (N-methyl/N-ethyl adjacent to an activating group) is 1. The van der Waals surface area contributed by atoms with Crippen molar-refractivity contribution in [3.8, 4) is 0 Å². The number of aryl methyl sites for hydroxylation is 1. The van der Waals surface area contributed by atoms with Gasteiger partial charge in [0.15, 0.2) is 5.78 Å². The van der Waals surface area contributed by atoms with Gasteiger partial charge in [0.1, 0.15) is 0 Å². The number of rotatable bonds is 1. The van der Waals surface area contributed by atoms with E-state index in [1.807, 2.05) is 0 Å². The SMILES string of the molecule is CCc1ccc2c(c1)C(=O)C[C@H]1CCN(C)C[C@H]21. The number of Topliss-reactive ketones (excluding diaryl/α,β-unsaturated/α-hetero) is 1. The zero-order chi connectivity index (χ0) is 12.7. The molecule has 1 aliphatic carbocycles. The van der Waals surface area contributed by atoms with E-state index in [1.165, 1.54) is 17.5 Å². The summed E-state index contributed by atoms with van der Waals surface area (Å²) in [5.74, 6) is 1.52. The van der Waals surface area contributed by atoms with Crippen LogP contribution in [0, 0.1) is 5.92 Å². The summed E-state index contributed by atoms with van der Waals surface area (Å²) in [4.78, 5) is 14.7. The lowest BCUT2D eigenvalue weighted by Gasteiger charge is -2.40. The van der Waals surface area contributed by atoms with E-state index in [0.29, 0.717) is 17.6 Å². The van der Waals surface area contributed by atoms with E-state index in [1.54, 1.807) is 0 Å². The quantitative estimate of drug-likeness (QED) is 0.756. The van der Waals surface area contributed by atoms with Crippen LogP contribution in [0.5, 0.6) is 0 Å². The van der Waals surface area contributed by atoms with Gasteiger partial charge in [-0.05, 0) is 49.5 Å². The number of carbonyl (C=O) groups is 1. The summed E-state index contributed by atoms with van der Waals surface area (Å²) in [7, 11) is 2.19. The summed E-state index contributed by atoms with van der Waals surface area (Å²) >= 11 is 0. The van der Waals surface area contributed by atoms with Gasteiger partial charge in [-0.1, -0.05) is 19.1 Å². The fraction of sp³-hybridized carbons (Fsp3) is 0.562. The third-order valence-corrected chi connectivity index (χ3v) is 4.63. The van der Waals surface area contributed by atoms with Gasteiger partial charge >= 0.3 is 0 Å². The second-order valence-electron chi connectivity index (χ2n) is 5.82. The number of nitrogens with zero attached hydrogens (tertiary/aromatic N) is 1. The summed E-state index contributed by atoms with van der Waals surface area (Å²) in [5, 5.41) is 0. The molecule has 3 rings (SSSR count). The number of hydrogen-bond acceptors (Lipinski definition) is 2. The number of ketones is 1. The Balaban J connectivity index is 2.02. The molecule has 2 aliphatic rings. The minimum absolute atomic E-state index is 0.367. The minimum Gasteiger partial charge on any atom is -0.306 e. The second kappa shape index (κ2) is 4.51. The molecule has 0 amide bonds. The minimum atomic E-state index is 0.367. The lowest BCUT2D eigenvalue weighted by molar-refractivity contribution is 0.0887. The van der Waals surface area contributed by atoms with Crippen LogP contribution in [0.3, 0.4) is 0 Å². The van der Waals surface area contributed by atoms with Gasteiger partial charge in [-0.3, -0.25) is 4.79 Å². The molecule has 1 saturated heterocycles. The normalized spacial score (nSPS) is 27.8. The van der Waals surface area contributed by atoms with Crippen molar-refractivity contribution < 1.29 is 4.79 Å². The van der Waals surface area contributed by atoms with Crippen LogP contribution >= 0.6 is 0 Å². The van der Waals surface area contributed by atoms with Crippen molar-refractivity contribution in [1.82, 2.24) is 4.90 Å². The van der Waals surface area contributed by atoms with Gasteiger partial charge in [0.2, 0.25) is 0 Å². The van der Waals surface area contributed by atoms with Gasteiger partial charge in [-0.2, -0.15) is 0 Å². The molecule has 0 unspecified atom stereocenters. The first kappa shape index (κ1) is 11.9. The third-order valence-electron chi connectivity index (χ3n) is 4.63. The number of hydrogen-bond donors (Lipinski definition) is 0. The molecule has 0 aromatic heterocycles. The molecule has 0 saturated carbocycles. The maximum atomic E-state index is 12.3. The molecule has 0 bridgehead atoms. The van der Waals surface area contributed by atoms with Crippen molar-refractivity contribution in [1.29, 1.82) is 0 Å². The first-order valence-electron chi connectivity index (χ1n) is 7.03. The van der Waals surface area contributed by atoms with Gasteiger partial charge in [0.25, 0.3) is 0 Å². The van der Waals surface area contributed by atoms with Crippen LogP contribution in [-0.2, 0) is 6.42 Å². The molecular formula is C16H21NO.